The monoisotopic (exact) mass is 230 g/mol. The molecule has 0 spiro atoms. The van der Waals surface area contributed by atoms with Gasteiger partial charge in [0.25, 0.3) is 0 Å². The zero-order valence-corrected chi connectivity index (χ0v) is 10.5. The lowest BCUT2D eigenvalue weighted by atomic mass is 9.96. The van der Waals surface area contributed by atoms with Gasteiger partial charge in [0.15, 0.2) is 4.75 Å². The molecule has 0 bridgehead atoms. The van der Waals surface area contributed by atoms with E-state index in [-0.39, 0.29) is 17.3 Å². The third kappa shape index (κ3) is 1.41. The molecule has 1 heterocycles. The van der Waals surface area contributed by atoms with Gasteiger partial charge in [0.1, 0.15) is 4.93 Å². The molecule has 3 nitrogen and oxygen atoms in total. The second kappa shape index (κ2) is 2.92. The number of ether oxygens (including phenoxy) is 1. The molecule has 4 heteroatoms. The van der Waals surface area contributed by atoms with E-state index < -0.39 is 9.68 Å². The van der Waals surface area contributed by atoms with E-state index in [0.717, 1.165) is 6.42 Å². The third-order valence-electron chi connectivity index (χ3n) is 3.65. The molecule has 0 aromatic carbocycles. The molecule has 3 atom stereocenters. The Labute approximate surface area is 94.6 Å². The summed E-state index contributed by atoms with van der Waals surface area (Å²) in [5.74, 6) is -0.0513. The summed E-state index contributed by atoms with van der Waals surface area (Å²) in [6.45, 7) is 8.19. The standard InChI is InChI=1S/C11H18O3S/c1-5-14-8(12)10(4)11(13,15-10)7-6-9(7,2)3/h7,13H,5-6H2,1-4H3. The molecule has 15 heavy (non-hydrogen) atoms. The topological polar surface area (TPSA) is 46.5 Å². The summed E-state index contributed by atoms with van der Waals surface area (Å²) in [5, 5.41) is 10.4. The first-order valence-electron chi connectivity index (χ1n) is 5.38. The third-order valence-corrected chi connectivity index (χ3v) is 5.34. The first kappa shape index (κ1) is 11.3. The molecule has 1 aliphatic heterocycles. The molecule has 1 saturated heterocycles. The second-order valence-corrected chi connectivity index (χ2v) is 6.94. The Bertz CT molecular complexity index is 315. The Morgan fingerprint density at radius 3 is 2.47 bits per heavy atom. The van der Waals surface area contributed by atoms with Crippen molar-refractivity contribution in [2.75, 3.05) is 6.61 Å². The van der Waals surface area contributed by atoms with E-state index in [1.54, 1.807) is 13.8 Å². The largest absolute Gasteiger partial charge is 0.465 e. The van der Waals surface area contributed by atoms with Crippen LogP contribution < -0.4 is 0 Å². The molecule has 1 saturated carbocycles. The zero-order chi connectivity index (χ0) is 11.5. The summed E-state index contributed by atoms with van der Waals surface area (Å²) >= 11 is 1.34. The van der Waals surface area contributed by atoms with Crippen molar-refractivity contribution in [2.45, 2.75) is 43.8 Å². The van der Waals surface area contributed by atoms with Crippen molar-refractivity contribution in [3.8, 4) is 0 Å². The maximum Gasteiger partial charge on any atom is 0.325 e. The highest BCUT2D eigenvalue weighted by atomic mass is 32.2. The van der Waals surface area contributed by atoms with E-state index in [4.69, 9.17) is 4.74 Å². The Hall–Kier alpha value is -0.220. The van der Waals surface area contributed by atoms with Crippen molar-refractivity contribution < 1.29 is 14.6 Å². The summed E-state index contributed by atoms with van der Waals surface area (Å²) in [7, 11) is 0. The molecule has 1 N–H and O–H groups in total. The summed E-state index contributed by atoms with van der Waals surface area (Å²) in [4.78, 5) is 10.8. The number of rotatable bonds is 3. The van der Waals surface area contributed by atoms with Crippen LogP contribution in [0.1, 0.15) is 34.1 Å². The summed E-state index contributed by atoms with van der Waals surface area (Å²) in [5.41, 5.74) is 0.173. The van der Waals surface area contributed by atoms with Gasteiger partial charge in [0, 0.05) is 5.92 Å². The fraction of sp³-hybridized carbons (Fsp3) is 0.909. The van der Waals surface area contributed by atoms with Crippen LogP contribution in [0, 0.1) is 11.3 Å². The molecule has 0 aromatic rings. The van der Waals surface area contributed by atoms with Crippen molar-refractivity contribution in [3.63, 3.8) is 0 Å². The molecule has 2 rings (SSSR count). The molecule has 0 radical (unpaired) electrons. The van der Waals surface area contributed by atoms with Crippen molar-refractivity contribution >= 4 is 17.7 Å². The number of hydrogen-bond acceptors (Lipinski definition) is 4. The second-order valence-electron chi connectivity index (χ2n) is 5.30. The SMILES string of the molecule is CCOC(=O)C1(C)SC1(O)C1CC1(C)C. The van der Waals surface area contributed by atoms with Gasteiger partial charge < -0.3 is 9.84 Å². The van der Waals surface area contributed by atoms with Crippen molar-refractivity contribution in [3.05, 3.63) is 0 Å². The van der Waals surface area contributed by atoms with Crippen LogP contribution >= 0.6 is 11.8 Å². The number of esters is 1. The Kier molecular flexibility index (Phi) is 2.19. The zero-order valence-electron chi connectivity index (χ0n) is 9.66. The lowest BCUT2D eigenvalue weighted by molar-refractivity contribution is -0.147. The quantitative estimate of drug-likeness (QED) is 0.593. The summed E-state index contributed by atoms with van der Waals surface area (Å²) < 4.78 is 4.26. The van der Waals surface area contributed by atoms with Crippen LogP contribution in [-0.2, 0) is 9.53 Å². The number of aliphatic hydroxyl groups is 1. The molecule has 2 fully saturated rings. The van der Waals surface area contributed by atoms with Gasteiger partial charge in [-0.25, -0.2) is 0 Å². The van der Waals surface area contributed by atoms with Gasteiger partial charge in [0.2, 0.25) is 0 Å². The van der Waals surface area contributed by atoms with E-state index in [1.165, 1.54) is 11.8 Å². The smallest absolute Gasteiger partial charge is 0.325 e. The minimum Gasteiger partial charge on any atom is -0.465 e. The van der Waals surface area contributed by atoms with Crippen molar-refractivity contribution in [2.24, 2.45) is 11.3 Å². The Morgan fingerprint density at radius 2 is 2.07 bits per heavy atom. The fourth-order valence-electron chi connectivity index (χ4n) is 2.28. The molecule has 3 unspecified atom stereocenters. The molecular weight excluding hydrogens is 212 g/mol. The van der Waals surface area contributed by atoms with Crippen molar-refractivity contribution in [1.82, 2.24) is 0 Å². The van der Waals surface area contributed by atoms with Gasteiger partial charge in [-0.3, -0.25) is 4.79 Å². The minimum absolute atomic E-state index is 0.173. The summed E-state index contributed by atoms with van der Waals surface area (Å²) in [6, 6.07) is 0. The van der Waals surface area contributed by atoms with E-state index in [2.05, 4.69) is 13.8 Å². The summed E-state index contributed by atoms with van der Waals surface area (Å²) in [6.07, 6.45) is 0.992. The van der Waals surface area contributed by atoms with E-state index in [1.807, 2.05) is 0 Å². The first-order valence-corrected chi connectivity index (χ1v) is 6.19. The highest BCUT2D eigenvalue weighted by Crippen LogP contribution is 2.76. The molecule has 1 aliphatic carbocycles. The van der Waals surface area contributed by atoms with Gasteiger partial charge >= 0.3 is 5.97 Å². The number of thioether (sulfide) groups is 1. The normalized spacial score (nSPS) is 46.1. The van der Waals surface area contributed by atoms with Gasteiger partial charge in [0.05, 0.1) is 6.61 Å². The lowest BCUT2D eigenvalue weighted by Gasteiger charge is -2.15. The molecule has 0 aromatic heterocycles. The van der Waals surface area contributed by atoms with Gasteiger partial charge in [-0.2, -0.15) is 0 Å². The number of carbonyl (C=O) groups excluding carboxylic acids is 1. The van der Waals surface area contributed by atoms with Gasteiger partial charge in [-0.15, -0.1) is 11.8 Å². The highest BCUT2D eigenvalue weighted by Gasteiger charge is 2.80. The van der Waals surface area contributed by atoms with Gasteiger partial charge in [-0.05, 0) is 25.7 Å². The average Bonchev–Trinajstić information content (AvgIpc) is 2.91. The maximum atomic E-state index is 11.7. The Morgan fingerprint density at radius 1 is 1.53 bits per heavy atom. The van der Waals surface area contributed by atoms with Crippen LogP contribution in [0.2, 0.25) is 0 Å². The number of hydrogen-bond donors (Lipinski definition) is 1. The van der Waals surface area contributed by atoms with Crippen LogP contribution in [0.3, 0.4) is 0 Å². The van der Waals surface area contributed by atoms with E-state index in [9.17, 15) is 9.90 Å². The maximum absolute atomic E-state index is 11.7. The predicted octanol–water partition coefficient (Wildman–Crippen LogP) is 1.79. The molecule has 2 aliphatic rings. The highest BCUT2D eigenvalue weighted by molar-refractivity contribution is 8.10. The van der Waals surface area contributed by atoms with Crippen LogP contribution in [-0.4, -0.2) is 27.4 Å². The van der Waals surface area contributed by atoms with Crippen molar-refractivity contribution in [1.29, 1.82) is 0 Å². The molecule has 86 valence electrons. The van der Waals surface area contributed by atoms with Crippen LogP contribution in [0.4, 0.5) is 0 Å². The average molecular weight is 230 g/mol. The predicted molar refractivity (Wildman–Crippen MR) is 59.5 cm³/mol. The van der Waals surface area contributed by atoms with E-state index >= 15 is 0 Å². The molecule has 0 amide bonds. The lowest BCUT2D eigenvalue weighted by Crippen LogP contribution is -2.35. The van der Waals surface area contributed by atoms with Crippen LogP contribution in [0.15, 0.2) is 0 Å². The Balaban J connectivity index is 2.07. The van der Waals surface area contributed by atoms with Gasteiger partial charge in [-0.1, -0.05) is 13.8 Å². The van der Waals surface area contributed by atoms with Crippen LogP contribution in [0.25, 0.3) is 0 Å². The minimum atomic E-state index is -0.886. The molecular formula is C11H18O3S. The number of carbonyl (C=O) groups is 1. The first-order chi connectivity index (χ1) is 6.78. The van der Waals surface area contributed by atoms with E-state index in [0.29, 0.717) is 6.61 Å². The fourth-order valence-corrected chi connectivity index (χ4v) is 3.76. The van der Waals surface area contributed by atoms with Crippen LogP contribution in [0.5, 0.6) is 0 Å².